The molecule has 0 saturated heterocycles. The van der Waals surface area contributed by atoms with Crippen molar-refractivity contribution in [2.75, 3.05) is 7.11 Å². The van der Waals surface area contributed by atoms with Gasteiger partial charge in [0.05, 0.1) is 31.4 Å². The Bertz CT molecular complexity index is 982. The standard InChI is InChI=1S/C20H23N5O2/c1-20(2,3)25-18(23-10-5-6-11-23)15-12-24(13-16(15)22-25)19(26)14-8-7-9-21-17(14)27-4/h5-11H,12-13H2,1-4H3. The molecule has 1 amide bonds. The van der Waals surface area contributed by atoms with Crippen LogP contribution in [0.2, 0.25) is 0 Å². The first-order chi connectivity index (χ1) is 12.9. The van der Waals surface area contributed by atoms with E-state index in [2.05, 4.69) is 30.3 Å². The van der Waals surface area contributed by atoms with Crippen molar-refractivity contribution in [3.63, 3.8) is 0 Å². The van der Waals surface area contributed by atoms with E-state index in [-0.39, 0.29) is 11.4 Å². The van der Waals surface area contributed by atoms with Crippen LogP contribution in [0.5, 0.6) is 5.88 Å². The number of fused-ring (bicyclic) bond motifs is 1. The molecule has 1 aliphatic heterocycles. The number of nitrogens with zero attached hydrogens (tertiary/aromatic N) is 5. The molecule has 7 nitrogen and oxygen atoms in total. The highest BCUT2D eigenvalue weighted by molar-refractivity contribution is 5.96. The molecule has 27 heavy (non-hydrogen) atoms. The molecule has 140 valence electrons. The zero-order valence-electron chi connectivity index (χ0n) is 16.0. The Balaban J connectivity index is 1.71. The average molecular weight is 365 g/mol. The van der Waals surface area contributed by atoms with Crippen molar-refractivity contribution >= 4 is 5.91 Å². The molecular weight excluding hydrogens is 342 g/mol. The number of rotatable bonds is 3. The molecule has 4 rings (SSSR count). The third kappa shape index (κ3) is 2.89. The van der Waals surface area contributed by atoms with E-state index in [1.165, 1.54) is 7.11 Å². The Labute approximate surface area is 158 Å². The highest BCUT2D eigenvalue weighted by Gasteiger charge is 2.34. The molecule has 0 N–H and O–H groups in total. The highest BCUT2D eigenvalue weighted by Crippen LogP contribution is 2.33. The monoisotopic (exact) mass is 365 g/mol. The van der Waals surface area contributed by atoms with Crippen molar-refractivity contribution in [3.05, 3.63) is 59.7 Å². The number of amides is 1. The van der Waals surface area contributed by atoms with Gasteiger partial charge in [0.25, 0.3) is 5.91 Å². The van der Waals surface area contributed by atoms with E-state index < -0.39 is 0 Å². The maximum absolute atomic E-state index is 13.0. The minimum absolute atomic E-state index is 0.0984. The van der Waals surface area contributed by atoms with E-state index in [0.29, 0.717) is 24.5 Å². The molecule has 0 saturated carbocycles. The van der Waals surface area contributed by atoms with Crippen LogP contribution in [0.4, 0.5) is 0 Å². The third-order valence-electron chi connectivity index (χ3n) is 4.70. The molecule has 4 heterocycles. The maximum atomic E-state index is 13.0. The van der Waals surface area contributed by atoms with Gasteiger partial charge in [-0.3, -0.25) is 4.79 Å². The van der Waals surface area contributed by atoms with Gasteiger partial charge in [0.1, 0.15) is 11.4 Å². The summed E-state index contributed by atoms with van der Waals surface area (Å²) >= 11 is 0. The van der Waals surface area contributed by atoms with Crippen LogP contribution in [0.15, 0.2) is 42.9 Å². The van der Waals surface area contributed by atoms with Crippen LogP contribution in [0.3, 0.4) is 0 Å². The minimum atomic E-state index is -0.161. The molecule has 1 aliphatic rings. The van der Waals surface area contributed by atoms with Crippen LogP contribution >= 0.6 is 0 Å². The van der Waals surface area contributed by atoms with Gasteiger partial charge in [-0.15, -0.1) is 0 Å². The van der Waals surface area contributed by atoms with Crippen LogP contribution in [0.1, 0.15) is 42.4 Å². The van der Waals surface area contributed by atoms with Crippen LogP contribution in [0.25, 0.3) is 5.82 Å². The van der Waals surface area contributed by atoms with Crippen LogP contribution in [-0.2, 0) is 18.6 Å². The summed E-state index contributed by atoms with van der Waals surface area (Å²) in [4.78, 5) is 19.0. The number of hydrogen-bond donors (Lipinski definition) is 0. The Hall–Kier alpha value is -3.09. The van der Waals surface area contributed by atoms with Gasteiger partial charge >= 0.3 is 0 Å². The van der Waals surface area contributed by atoms with Crippen molar-refractivity contribution in [1.29, 1.82) is 0 Å². The second kappa shape index (κ2) is 6.26. The first-order valence-corrected chi connectivity index (χ1v) is 8.93. The van der Waals surface area contributed by atoms with Gasteiger partial charge in [-0.2, -0.15) is 5.10 Å². The van der Waals surface area contributed by atoms with Gasteiger partial charge in [-0.25, -0.2) is 9.67 Å². The fourth-order valence-corrected chi connectivity index (χ4v) is 3.44. The van der Waals surface area contributed by atoms with Gasteiger partial charge in [0, 0.05) is 24.2 Å². The molecule has 0 radical (unpaired) electrons. The predicted molar refractivity (Wildman–Crippen MR) is 101 cm³/mol. The molecular formula is C20H23N5O2. The Morgan fingerprint density at radius 1 is 1.15 bits per heavy atom. The summed E-state index contributed by atoms with van der Waals surface area (Å²) < 4.78 is 9.36. The molecule has 7 heteroatoms. The SMILES string of the molecule is COc1ncccc1C(=O)N1Cc2nn(C(C)(C)C)c(-n3cccc3)c2C1. The largest absolute Gasteiger partial charge is 0.480 e. The zero-order valence-corrected chi connectivity index (χ0v) is 16.0. The molecule has 0 aromatic carbocycles. The normalized spacial score (nSPS) is 13.7. The number of methoxy groups -OCH3 is 1. The smallest absolute Gasteiger partial charge is 0.260 e. The van der Waals surface area contributed by atoms with Crippen LogP contribution < -0.4 is 4.74 Å². The van der Waals surface area contributed by atoms with Crippen molar-refractivity contribution in [1.82, 2.24) is 24.2 Å². The average Bonchev–Trinajstić information content (AvgIpc) is 3.35. The number of aromatic nitrogens is 4. The molecule has 0 aliphatic carbocycles. The summed E-state index contributed by atoms with van der Waals surface area (Å²) in [5.74, 6) is 1.26. The highest BCUT2D eigenvalue weighted by atomic mass is 16.5. The van der Waals surface area contributed by atoms with Crippen LogP contribution in [0, 0.1) is 0 Å². The van der Waals surface area contributed by atoms with Gasteiger partial charge in [-0.05, 0) is 45.0 Å². The first kappa shape index (κ1) is 17.3. The molecule has 0 atom stereocenters. The number of ether oxygens (including phenoxy) is 1. The topological polar surface area (TPSA) is 65.2 Å². The summed E-state index contributed by atoms with van der Waals surface area (Å²) in [5, 5.41) is 4.84. The Morgan fingerprint density at radius 3 is 2.56 bits per heavy atom. The zero-order chi connectivity index (χ0) is 19.2. The lowest BCUT2D eigenvalue weighted by Gasteiger charge is -2.24. The Morgan fingerprint density at radius 2 is 1.89 bits per heavy atom. The summed E-state index contributed by atoms with van der Waals surface area (Å²) in [6.07, 6.45) is 5.63. The fourth-order valence-electron chi connectivity index (χ4n) is 3.44. The molecule has 0 bridgehead atoms. The van der Waals surface area contributed by atoms with Gasteiger partial charge < -0.3 is 14.2 Å². The van der Waals surface area contributed by atoms with Crippen molar-refractivity contribution in [3.8, 4) is 11.7 Å². The summed E-state index contributed by atoms with van der Waals surface area (Å²) in [5.41, 5.74) is 2.32. The lowest BCUT2D eigenvalue weighted by molar-refractivity contribution is 0.0744. The molecule has 0 spiro atoms. The van der Waals surface area contributed by atoms with E-state index >= 15 is 0 Å². The first-order valence-electron chi connectivity index (χ1n) is 8.93. The lowest BCUT2D eigenvalue weighted by atomic mass is 10.1. The van der Waals surface area contributed by atoms with Gasteiger partial charge in [0.15, 0.2) is 0 Å². The fraction of sp³-hybridized carbons (Fsp3) is 0.350. The predicted octanol–water partition coefficient (Wildman–Crippen LogP) is 2.99. The van der Waals surface area contributed by atoms with Crippen molar-refractivity contribution in [2.45, 2.75) is 39.4 Å². The minimum Gasteiger partial charge on any atom is -0.480 e. The number of carbonyl (C=O) groups is 1. The quantitative estimate of drug-likeness (QED) is 0.716. The number of carbonyl (C=O) groups excluding carboxylic acids is 1. The number of pyridine rings is 1. The second-order valence-corrected chi connectivity index (χ2v) is 7.64. The molecule has 3 aromatic heterocycles. The van der Waals surface area contributed by atoms with Crippen molar-refractivity contribution in [2.24, 2.45) is 0 Å². The van der Waals surface area contributed by atoms with E-state index in [4.69, 9.17) is 9.84 Å². The van der Waals surface area contributed by atoms with E-state index in [1.54, 1.807) is 23.2 Å². The summed E-state index contributed by atoms with van der Waals surface area (Å²) in [6.45, 7) is 7.38. The summed E-state index contributed by atoms with van der Waals surface area (Å²) in [6, 6.07) is 7.47. The Kier molecular flexibility index (Phi) is 4.02. The van der Waals surface area contributed by atoms with E-state index in [0.717, 1.165) is 17.1 Å². The molecule has 3 aromatic rings. The van der Waals surface area contributed by atoms with Gasteiger partial charge in [-0.1, -0.05) is 0 Å². The number of hydrogen-bond acceptors (Lipinski definition) is 4. The lowest BCUT2D eigenvalue weighted by Crippen LogP contribution is -2.30. The molecule has 0 fully saturated rings. The van der Waals surface area contributed by atoms with E-state index in [1.807, 2.05) is 29.2 Å². The third-order valence-corrected chi connectivity index (χ3v) is 4.70. The molecule has 0 unspecified atom stereocenters. The van der Waals surface area contributed by atoms with Crippen molar-refractivity contribution < 1.29 is 9.53 Å². The van der Waals surface area contributed by atoms with Crippen LogP contribution in [-0.4, -0.2) is 37.2 Å². The summed E-state index contributed by atoms with van der Waals surface area (Å²) in [7, 11) is 1.52. The van der Waals surface area contributed by atoms with Gasteiger partial charge in [0.2, 0.25) is 5.88 Å². The maximum Gasteiger partial charge on any atom is 0.260 e. The van der Waals surface area contributed by atoms with E-state index in [9.17, 15) is 4.79 Å². The second-order valence-electron chi connectivity index (χ2n) is 7.64.